The van der Waals surface area contributed by atoms with Gasteiger partial charge < -0.3 is 16.0 Å². The van der Waals surface area contributed by atoms with Gasteiger partial charge in [-0.2, -0.15) is 0 Å². The fourth-order valence-electron chi connectivity index (χ4n) is 2.94. The third-order valence-corrected chi connectivity index (χ3v) is 4.54. The standard InChI is InChI=1S/C19H24N4O.2ClH/c1-19(20,16-7-3-2-4-8-16)18(24)22-14-15-9-10-17(21-13-15)23-11-5-6-12-23;;/h2-4,7-10,13H,5-6,11-12,14,20H2,1H3,(H,22,24);2*1H. The van der Waals surface area contributed by atoms with Crippen LogP contribution in [0, 0.1) is 0 Å². The van der Waals surface area contributed by atoms with Crippen molar-refractivity contribution in [1.29, 1.82) is 0 Å². The average molecular weight is 397 g/mol. The number of hydrogen-bond acceptors (Lipinski definition) is 4. The van der Waals surface area contributed by atoms with Crippen LogP contribution in [-0.2, 0) is 16.9 Å². The summed E-state index contributed by atoms with van der Waals surface area (Å²) in [4.78, 5) is 19.2. The van der Waals surface area contributed by atoms with Gasteiger partial charge in [0.1, 0.15) is 11.4 Å². The number of hydrogen-bond donors (Lipinski definition) is 2. The van der Waals surface area contributed by atoms with Crippen molar-refractivity contribution >= 4 is 36.5 Å². The minimum Gasteiger partial charge on any atom is -0.357 e. The van der Waals surface area contributed by atoms with E-state index in [0.29, 0.717) is 6.54 Å². The lowest BCUT2D eigenvalue weighted by molar-refractivity contribution is -0.126. The molecule has 5 nitrogen and oxygen atoms in total. The Hall–Kier alpha value is -1.82. The molecule has 3 rings (SSSR count). The monoisotopic (exact) mass is 396 g/mol. The van der Waals surface area contributed by atoms with Gasteiger partial charge in [-0.3, -0.25) is 4.79 Å². The Kier molecular flexibility index (Phi) is 8.34. The fourth-order valence-corrected chi connectivity index (χ4v) is 2.94. The van der Waals surface area contributed by atoms with E-state index in [9.17, 15) is 4.79 Å². The minimum absolute atomic E-state index is 0. The molecule has 3 N–H and O–H groups in total. The van der Waals surface area contributed by atoms with Crippen LogP contribution in [0.1, 0.15) is 30.9 Å². The Morgan fingerprint density at radius 2 is 1.81 bits per heavy atom. The topological polar surface area (TPSA) is 71.2 Å². The van der Waals surface area contributed by atoms with Crippen LogP contribution < -0.4 is 16.0 Å². The van der Waals surface area contributed by atoms with E-state index in [4.69, 9.17) is 5.73 Å². The van der Waals surface area contributed by atoms with Gasteiger partial charge in [0.2, 0.25) is 5.91 Å². The molecule has 0 aliphatic carbocycles. The lowest BCUT2D eigenvalue weighted by Gasteiger charge is -2.24. The quantitative estimate of drug-likeness (QED) is 0.814. The van der Waals surface area contributed by atoms with E-state index in [0.717, 1.165) is 30.0 Å². The highest BCUT2D eigenvalue weighted by molar-refractivity contribution is 5.87. The molecule has 0 radical (unpaired) electrons. The van der Waals surface area contributed by atoms with Crippen molar-refractivity contribution in [3.05, 3.63) is 59.8 Å². The maximum Gasteiger partial charge on any atom is 0.244 e. The number of nitrogens with one attached hydrogen (secondary N) is 1. The Morgan fingerprint density at radius 1 is 1.15 bits per heavy atom. The molecule has 26 heavy (non-hydrogen) atoms. The molecule has 0 saturated carbocycles. The van der Waals surface area contributed by atoms with Crippen LogP contribution in [0.2, 0.25) is 0 Å². The third-order valence-electron chi connectivity index (χ3n) is 4.54. The number of anilines is 1. The maximum atomic E-state index is 12.4. The largest absolute Gasteiger partial charge is 0.357 e. The second kappa shape index (κ2) is 9.76. The van der Waals surface area contributed by atoms with Crippen molar-refractivity contribution in [3.63, 3.8) is 0 Å². The Labute approximate surface area is 167 Å². The summed E-state index contributed by atoms with van der Waals surface area (Å²) < 4.78 is 0. The fraction of sp³-hybridized carbons (Fsp3) is 0.368. The molecule has 1 fully saturated rings. The van der Waals surface area contributed by atoms with Crippen molar-refractivity contribution in [2.24, 2.45) is 5.73 Å². The molecule has 1 atom stereocenters. The van der Waals surface area contributed by atoms with Gasteiger partial charge in [-0.05, 0) is 37.0 Å². The van der Waals surface area contributed by atoms with Crippen molar-refractivity contribution in [2.45, 2.75) is 31.8 Å². The normalized spacial score (nSPS) is 15.4. The van der Waals surface area contributed by atoms with E-state index in [1.165, 1.54) is 12.8 Å². The summed E-state index contributed by atoms with van der Waals surface area (Å²) in [6.45, 7) is 4.30. The number of carbonyl (C=O) groups excluding carboxylic acids is 1. The molecule has 2 heterocycles. The highest BCUT2D eigenvalue weighted by atomic mass is 35.5. The molecule has 1 saturated heterocycles. The van der Waals surface area contributed by atoms with Gasteiger partial charge in [0.15, 0.2) is 0 Å². The van der Waals surface area contributed by atoms with Crippen LogP contribution in [-0.4, -0.2) is 24.0 Å². The van der Waals surface area contributed by atoms with Gasteiger partial charge in [0.05, 0.1) is 0 Å². The number of amides is 1. The van der Waals surface area contributed by atoms with Gasteiger partial charge >= 0.3 is 0 Å². The number of benzene rings is 1. The SMILES string of the molecule is CC(N)(C(=O)NCc1ccc(N2CCCC2)nc1)c1ccccc1.Cl.Cl. The Bertz CT molecular complexity index is 686. The van der Waals surface area contributed by atoms with Gasteiger partial charge in [-0.15, -0.1) is 24.8 Å². The zero-order valence-corrected chi connectivity index (χ0v) is 16.5. The first kappa shape index (κ1) is 22.2. The van der Waals surface area contributed by atoms with Crippen LogP contribution in [0.5, 0.6) is 0 Å². The molecule has 1 amide bonds. The summed E-state index contributed by atoms with van der Waals surface area (Å²) in [5, 5.41) is 2.91. The zero-order chi connectivity index (χ0) is 17.0. The van der Waals surface area contributed by atoms with Gasteiger partial charge in [-0.25, -0.2) is 4.98 Å². The summed E-state index contributed by atoms with van der Waals surface area (Å²) in [7, 11) is 0. The number of nitrogens with two attached hydrogens (primary N) is 1. The van der Waals surface area contributed by atoms with Gasteiger partial charge in [0, 0.05) is 25.8 Å². The number of aromatic nitrogens is 1. The third kappa shape index (κ3) is 5.10. The summed E-state index contributed by atoms with van der Waals surface area (Å²) in [6.07, 6.45) is 4.28. The molecule has 1 aromatic carbocycles. The number of pyridine rings is 1. The van der Waals surface area contributed by atoms with Crippen LogP contribution in [0.3, 0.4) is 0 Å². The van der Waals surface area contributed by atoms with Crippen LogP contribution >= 0.6 is 24.8 Å². The molecule has 1 aliphatic heterocycles. The molecule has 142 valence electrons. The average Bonchev–Trinajstić information content (AvgIpc) is 3.15. The molecular formula is C19H26Cl2N4O. The summed E-state index contributed by atoms with van der Waals surface area (Å²) in [6, 6.07) is 13.4. The van der Waals surface area contributed by atoms with Crippen molar-refractivity contribution < 1.29 is 4.79 Å². The maximum absolute atomic E-state index is 12.4. The molecule has 1 unspecified atom stereocenters. The molecule has 7 heteroatoms. The van der Waals surface area contributed by atoms with E-state index >= 15 is 0 Å². The summed E-state index contributed by atoms with van der Waals surface area (Å²) in [5.74, 6) is 0.813. The number of rotatable bonds is 5. The van der Waals surface area contributed by atoms with E-state index in [2.05, 4.69) is 15.2 Å². The molecule has 2 aromatic rings. The van der Waals surface area contributed by atoms with Crippen molar-refractivity contribution in [2.75, 3.05) is 18.0 Å². The van der Waals surface area contributed by atoms with E-state index in [1.807, 2.05) is 48.7 Å². The molecule has 1 aliphatic rings. The molecule has 0 spiro atoms. The number of carbonyl (C=O) groups is 1. The predicted molar refractivity (Wildman–Crippen MR) is 110 cm³/mol. The second-order valence-electron chi connectivity index (χ2n) is 6.47. The first-order chi connectivity index (χ1) is 11.6. The highest BCUT2D eigenvalue weighted by Gasteiger charge is 2.29. The lowest BCUT2D eigenvalue weighted by Crippen LogP contribution is -2.48. The zero-order valence-electron chi connectivity index (χ0n) is 14.9. The second-order valence-corrected chi connectivity index (χ2v) is 6.47. The van der Waals surface area contributed by atoms with Crippen molar-refractivity contribution in [3.8, 4) is 0 Å². The molecule has 1 aromatic heterocycles. The number of nitrogens with zero attached hydrogens (tertiary/aromatic N) is 2. The molecule has 0 bridgehead atoms. The predicted octanol–water partition coefficient (Wildman–Crippen LogP) is 3.02. The van der Waals surface area contributed by atoms with Gasteiger partial charge in [-0.1, -0.05) is 36.4 Å². The minimum atomic E-state index is -1.05. The number of halogens is 2. The first-order valence-corrected chi connectivity index (χ1v) is 8.40. The highest BCUT2D eigenvalue weighted by Crippen LogP contribution is 2.19. The van der Waals surface area contributed by atoms with E-state index in [-0.39, 0.29) is 30.7 Å². The Morgan fingerprint density at radius 3 is 2.38 bits per heavy atom. The Balaban J connectivity index is 0.00000169. The van der Waals surface area contributed by atoms with E-state index in [1.54, 1.807) is 6.92 Å². The summed E-state index contributed by atoms with van der Waals surface area (Å²) in [5.41, 5.74) is 6.93. The lowest BCUT2D eigenvalue weighted by atomic mass is 9.92. The van der Waals surface area contributed by atoms with Crippen LogP contribution in [0.25, 0.3) is 0 Å². The van der Waals surface area contributed by atoms with E-state index < -0.39 is 5.54 Å². The summed E-state index contributed by atoms with van der Waals surface area (Å²) >= 11 is 0. The van der Waals surface area contributed by atoms with Crippen molar-refractivity contribution in [1.82, 2.24) is 10.3 Å². The van der Waals surface area contributed by atoms with Gasteiger partial charge in [0.25, 0.3) is 0 Å². The van der Waals surface area contributed by atoms with Crippen LogP contribution in [0.15, 0.2) is 48.7 Å². The first-order valence-electron chi connectivity index (χ1n) is 8.40. The molecular weight excluding hydrogens is 371 g/mol. The smallest absolute Gasteiger partial charge is 0.244 e. The van der Waals surface area contributed by atoms with Crippen LogP contribution in [0.4, 0.5) is 5.82 Å².